The molecule has 0 heterocycles. The van der Waals surface area contributed by atoms with Crippen molar-refractivity contribution < 1.29 is 4.74 Å². The molecule has 0 amide bonds. The van der Waals surface area contributed by atoms with Crippen LogP contribution in [0.5, 0.6) is 0 Å². The summed E-state index contributed by atoms with van der Waals surface area (Å²) < 4.78 is 5.53. The van der Waals surface area contributed by atoms with Crippen molar-refractivity contribution in [2.45, 2.75) is 57.4 Å². The summed E-state index contributed by atoms with van der Waals surface area (Å²) in [4.78, 5) is 4.32. The number of nitrogens with zero attached hydrogens (tertiary/aromatic N) is 1. The van der Waals surface area contributed by atoms with E-state index in [0.717, 1.165) is 12.5 Å². The lowest BCUT2D eigenvalue weighted by Crippen LogP contribution is -2.40. The van der Waals surface area contributed by atoms with Gasteiger partial charge >= 0.3 is 0 Å². The normalized spacial score (nSPS) is 21.6. The molecule has 0 spiro atoms. The molecule has 3 N–H and O–H groups in total. The summed E-state index contributed by atoms with van der Waals surface area (Å²) in [5.74, 6) is 1.42. The van der Waals surface area contributed by atoms with Crippen molar-refractivity contribution in [3.8, 4) is 0 Å². The summed E-state index contributed by atoms with van der Waals surface area (Å²) in [7, 11) is 0. The standard InChI is InChI=1S/C14H27N3O.HI/c15-14(16-9-10-18-11-12-7-8-12)17-13-5-3-1-2-4-6-13;/h12-13H,1-11H2,(H3,15,16,17);1H. The van der Waals surface area contributed by atoms with Gasteiger partial charge in [0, 0.05) is 12.6 Å². The third-order valence-electron chi connectivity index (χ3n) is 3.78. The van der Waals surface area contributed by atoms with E-state index in [0.29, 0.717) is 25.2 Å². The molecule has 0 atom stereocenters. The summed E-state index contributed by atoms with van der Waals surface area (Å²) in [6.07, 6.45) is 10.5. The van der Waals surface area contributed by atoms with Gasteiger partial charge in [-0.25, -0.2) is 0 Å². The molecule has 0 aliphatic heterocycles. The summed E-state index contributed by atoms with van der Waals surface area (Å²) in [5, 5.41) is 3.34. The van der Waals surface area contributed by atoms with Crippen LogP contribution in [0.4, 0.5) is 0 Å². The summed E-state index contributed by atoms with van der Waals surface area (Å²) in [6.45, 7) is 2.29. The van der Waals surface area contributed by atoms with Crippen LogP contribution < -0.4 is 11.1 Å². The number of halogens is 1. The molecule has 2 rings (SSSR count). The Bertz CT molecular complexity index is 261. The molecule has 0 saturated heterocycles. The first-order valence-corrected chi connectivity index (χ1v) is 7.49. The van der Waals surface area contributed by atoms with E-state index in [1.54, 1.807) is 0 Å². The third-order valence-corrected chi connectivity index (χ3v) is 3.78. The average Bonchev–Trinajstić information content (AvgIpc) is 3.16. The first-order chi connectivity index (χ1) is 8.84. The molecular weight excluding hydrogens is 353 g/mol. The van der Waals surface area contributed by atoms with E-state index < -0.39 is 0 Å². The molecule has 0 radical (unpaired) electrons. The van der Waals surface area contributed by atoms with Crippen molar-refractivity contribution in [1.29, 1.82) is 0 Å². The molecule has 2 fully saturated rings. The van der Waals surface area contributed by atoms with Crippen molar-refractivity contribution in [2.24, 2.45) is 16.6 Å². The zero-order chi connectivity index (χ0) is 12.6. The Morgan fingerprint density at radius 1 is 1.11 bits per heavy atom. The predicted molar refractivity (Wildman–Crippen MR) is 90.1 cm³/mol. The lowest BCUT2D eigenvalue weighted by molar-refractivity contribution is 0.132. The fourth-order valence-electron chi connectivity index (χ4n) is 2.44. The molecule has 2 saturated carbocycles. The van der Waals surface area contributed by atoms with Gasteiger partial charge in [0.25, 0.3) is 0 Å². The zero-order valence-corrected chi connectivity index (χ0v) is 14.1. The number of nitrogens with one attached hydrogen (secondary N) is 1. The van der Waals surface area contributed by atoms with Crippen LogP contribution in [0.1, 0.15) is 51.4 Å². The number of hydrogen-bond donors (Lipinski definition) is 2. The largest absolute Gasteiger partial charge is 0.379 e. The first kappa shape index (κ1) is 17.0. The lowest BCUT2D eigenvalue weighted by atomic mass is 10.1. The van der Waals surface area contributed by atoms with Gasteiger partial charge in [-0.15, -0.1) is 24.0 Å². The second-order valence-corrected chi connectivity index (χ2v) is 5.62. The monoisotopic (exact) mass is 381 g/mol. The highest BCUT2D eigenvalue weighted by molar-refractivity contribution is 14.0. The minimum absolute atomic E-state index is 0. The lowest BCUT2D eigenvalue weighted by Gasteiger charge is -2.16. The quantitative estimate of drug-likeness (QED) is 0.245. The summed E-state index contributed by atoms with van der Waals surface area (Å²) >= 11 is 0. The van der Waals surface area contributed by atoms with Crippen LogP contribution >= 0.6 is 24.0 Å². The maximum atomic E-state index is 5.89. The first-order valence-electron chi connectivity index (χ1n) is 7.49. The molecule has 0 bridgehead atoms. The minimum Gasteiger partial charge on any atom is -0.379 e. The molecule has 19 heavy (non-hydrogen) atoms. The van der Waals surface area contributed by atoms with Crippen LogP contribution in [0, 0.1) is 5.92 Å². The second kappa shape index (κ2) is 9.80. The Morgan fingerprint density at radius 2 is 1.79 bits per heavy atom. The van der Waals surface area contributed by atoms with Crippen LogP contribution in [0.25, 0.3) is 0 Å². The highest BCUT2D eigenvalue weighted by Crippen LogP contribution is 2.28. The molecule has 5 heteroatoms. The van der Waals surface area contributed by atoms with Gasteiger partial charge in [-0.2, -0.15) is 0 Å². The van der Waals surface area contributed by atoms with Crippen LogP contribution in [-0.2, 0) is 4.74 Å². The number of ether oxygens (including phenoxy) is 1. The van der Waals surface area contributed by atoms with Crippen molar-refractivity contribution in [2.75, 3.05) is 19.8 Å². The highest BCUT2D eigenvalue weighted by atomic mass is 127. The van der Waals surface area contributed by atoms with Crippen LogP contribution in [-0.4, -0.2) is 31.8 Å². The smallest absolute Gasteiger partial charge is 0.188 e. The van der Waals surface area contributed by atoms with Crippen molar-refractivity contribution in [3.63, 3.8) is 0 Å². The Balaban J connectivity index is 0.00000180. The third kappa shape index (κ3) is 7.97. The van der Waals surface area contributed by atoms with Gasteiger partial charge in [0.05, 0.1) is 13.2 Å². The molecule has 0 aromatic carbocycles. The Morgan fingerprint density at radius 3 is 2.42 bits per heavy atom. The molecule has 4 nitrogen and oxygen atoms in total. The Hall–Kier alpha value is -0.0400. The Kier molecular flexibility index (Phi) is 8.77. The molecule has 2 aliphatic rings. The summed E-state index contributed by atoms with van der Waals surface area (Å²) in [5.41, 5.74) is 5.89. The van der Waals surface area contributed by atoms with Crippen LogP contribution in [0.15, 0.2) is 4.99 Å². The topological polar surface area (TPSA) is 59.6 Å². The highest BCUT2D eigenvalue weighted by Gasteiger charge is 2.20. The van der Waals surface area contributed by atoms with E-state index in [2.05, 4.69) is 10.3 Å². The zero-order valence-electron chi connectivity index (χ0n) is 11.8. The Labute approximate surface area is 134 Å². The molecular formula is C14H28IN3O. The number of aliphatic imine (C=N–C) groups is 1. The number of hydrogen-bond acceptors (Lipinski definition) is 2. The van der Waals surface area contributed by atoms with E-state index in [-0.39, 0.29) is 24.0 Å². The van der Waals surface area contributed by atoms with E-state index in [9.17, 15) is 0 Å². The molecule has 0 unspecified atom stereocenters. The van der Waals surface area contributed by atoms with E-state index in [1.165, 1.54) is 51.4 Å². The molecule has 112 valence electrons. The summed E-state index contributed by atoms with van der Waals surface area (Å²) in [6, 6.07) is 0.531. The van der Waals surface area contributed by atoms with Gasteiger partial charge in [0.15, 0.2) is 5.96 Å². The predicted octanol–water partition coefficient (Wildman–Crippen LogP) is 2.66. The van der Waals surface area contributed by atoms with Gasteiger partial charge < -0.3 is 15.8 Å². The van der Waals surface area contributed by atoms with E-state index >= 15 is 0 Å². The van der Waals surface area contributed by atoms with Crippen LogP contribution in [0.3, 0.4) is 0 Å². The molecule has 2 aliphatic carbocycles. The number of guanidine groups is 1. The van der Waals surface area contributed by atoms with Crippen molar-refractivity contribution >= 4 is 29.9 Å². The minimum atomic E-state index is 0. The maximum Gasteiger partial charge on any atom is 0.188 e. The van der Waals surface area contributed by atoms with E-state index in [1.807, 2.05) is 0 Å². The fraction of sp³-hybridized carbons (Fsp3) is 0.929. The molecule has 0 aromatic heterocycles. The van der Waals surface area contributed by atoms with Crippen LogP contribution in [0.2, 0.25) is 0 Å². The number of rotatable bonds is 6. The maximum absolute atomic E-state index is 5.89. The SMILES string of the molecule is I.NC(=NCCOCC1CC1)NC1CCCCCC1. The second-order valence-electron chi connectivity index (χ2n) is 5.62. The van der Waals surface area contributed by atoms with Gasteiger partial charge in [-0.3, -0.25) is 4.99 Å². The van der Waals surface area contributed by atoms with Crippen molar-refractivity contribution in [3.05, 3.63) is 0 Å². The van der Waals surface area contributed by atoms with Gasteiger partial charge in [0.2, 0.25) is 0 Å². The average molecular weight is 381 g/mol. The van der Waals surface area contributed by atoms with Gasteiger partial charge in [-0.1, -0.05) is 25.7 Å². The fourth-order valence-corrected chi connectivity index (χ4v) is 2.44. The molecule has 0 aromatic rings. The van der Waals surface area contributed by atoms with Crippen molar-refractivity contribution in [1.82, 2.24) is 5.32 Å². The van der Waals surface area contributed by atoms with Gasteiger partial charge in [0.1, 0.15) is 0 Å². The van der Waals surface area contributed by atoms with E-state index in [4.69, 9.17) is 10.5 Å². The number of nitrogens with two attached hydrogens (primary N) is 1. The van der Waals surface area contributed by atoms with Gasteiger partial charge in [-0.05, 0) is 31.6 Å².